The Bertz CT molecular complexity index is 299. The van der Waals surface area contributed by atoms with Crippen molar-refractivity contribution in [1.82, 2.24) is 19.9 Å². The largest absolute Gasteiger partial charge is 0.390 e. The Morgan fingerprint density at radius 1 is 1.64 bits per heavy atom. The molecule has 1 saturated heterocycles. The molecule has 0 saturated carbocycles. The average molecular weight is 196 g/mol. The van der Waals surface area contributed by atoms with Crippen LogP contribution >= 0.6 is 0 Å². The first-order chi connectivity index (χ1) is 6.78. The van der Waals surface area contributed by atoms with E-state index in [1.807, 2.05) is 10.9 Å². The van der Waals surface area contributed by atoms with Crippen molar-refractivity contribution in [3.05, 3.63) is 11.9 Å². The summed E-state index contributed by atoms with van der Waals surface area (Å²) in [6.45, 7) is 3.20. The monoisotopic (exact) mass is 196 g/mol. The van der Waals surface area contributed by atoms with Crippen molar-refractivity contribution in [2.45, 2.75) is 19.6 Å². The first-order valence-electron chi connectivity index (χ1n) is 4.96. The third kappa shape index (κ3) is 2.10. The number of nitrogens with zero attached hydrogens (tertiary/aromatic N) is 4. The molecule has 1 N–H and O–H groups in total. The summed E-state index contributed by atoms with van der Waals surface area (Å²) in [5.74, 6) is 0.674. The molecule has 0 spiro atoms. The van der Waals surface area contributed by atoms with Gasteiger partial charge in [-0.1, -0.05) is 5.21 Å². The van der Waals surface area contributed by atoms with E-state index in [4.69, 9.17) is 5.11 Å². The van der Waals surface area contributed by atoms with Gasteiger partial charge in [0.1, 0.15) is 5.69 Å². The highest BCUT2D eigenvalue weighted by molar-refractivity contribution is 4.89. The molecule has 5 nitrogen and oxygen atoms in total. The van der Waals surface area contributed by atoms with Gasteiger partial charge in [0.05, 0.1) is 12.8 Å². The zero-order valence-corrected chi connectivity index (χ0v) is 8.43. The van der Waals surface area contributed by atoms with Gasteiger partial charge in [-0.3, -0.25) is 4.68 Å². The topological polar surface area (TPSA) is 54.2 Å². The molecule has 0 aromatic carbocycles. The van der Waals surface area contributed by atoms with E-state index in [2.05, 4.69) is 22.3 Å². The zero-order valence-electron chi connectivity index (χ0n) is 8.43. The summed E-state index contributed by atoms with van der Waals surface area (Å²) in [6, 6.07) is 0. The van der Waals surface area contributed by atoms with E-state index >= 15 is 0 Å². The molecule has 1 fully saturated rings. The Balaban J connectivity index is 1.90. The molecular weight excluding hydrogens is 180 g/mol. The van der Waals surface area contributed by atoms with Crippen molar-refractivity contribution in [2.24, 2.45) is 5.92 Å². The van der Waals surface area contributed by atoms with E-state index in [0.29, 0.717) is 11.6 Å². The number of hydrogen-bond donors (Lipinski definition) is 1. The van der Waals surface area contributed by atoms with Gasteiger partial charge in [-0.25, -0.2) is 0 Å². The predicted molar refractivity (Wildman–Crippen MR) is 51.5 cm³/mol. The fourth-order valence-corrected chi connectivity index (χ4v) is 1.94. The van der Waals surface area contributed by atoms with Gasteiger partial charge in [0.2, 0.25) is 0 Å². The first kappa shape index (κ1) is 9.61. The molecule has 1 aromatic heterocycles. The normalized spacial score (nSPS) is 23.1. The molecule has 1 atom stereocenters. The van der Waals surface area contributed by atoms with Crippen molar-refractivity contribution in [3.63, 3.8) is 0 Å². The van der Waals surface area contributed by atoms with Gasteiger partial charge in [0, 0.05) is 13.1 Å². The van der Waals surface area contributed by atoms with E-state index in [-0.39, 0.29) is 6.61 Å². The van der Waals surface area contributed by atoms with Crippen LogP contribution in [0.25, 0.3) is 0 Å². The quantitative estimate of drug-likeness (QED) is 0.722. The number of aromatic nitrogens is 3. The van der Waals surface area contributed by atoms with Crippen LogP contribution in [0.5, 0.6) is 0 Å². The zero-order chi connectivity index (χ0) is 9.97. The third-order valence-corrected chi connectivity index (χ3v) is 2.68. The Morgan fingerprint density at radius 2 is 2.50 bits per heavy atom. The van der Waals surface area contributed by atoms with Gasteiger partial charge in [-0.2, -0.15) is 0 Å². The summed E-state index contributed by atoms with van der Waals surface area (Å²) >= 11 is 0. The van der Waals surface area contributed by atoms with Crippen LogP contribution in [0.4, 0.5) is 0 Å². The number of aliphatic hydroxyl groups is 1. The number of hydrogen-bond acceptors (Lipinski definition) is 4. The third-order valence-electron chi connectivity index (χ3n) is 2.68. The van der Waals surface area contributed by atoms with E-state index in [1.54, 1.807) is 0 Å². The lowest BCUT2D eigenvalue weighted by molar-refractivity contribution is 0.276. The molecule has 0 unspecified atom stereocenters. The maximum atomic E-state index is 8.83. The first-order valence-corrected chi connectivity index (χ1v) is 4.96. The van der Waals surface area contributed by atoms with Crippen molar-refractivity contribution in [1.29, 1.82) is 0 Å². The van der Waals surface area contributed by atoms with Crippen LogP contribution in [-0.2, 0) is 13.2 Å². The van der Waals surface area contributed by atoms with E-state index < -0.39 is 0 Å². The van der Waals surface area contributed by atoms with Gasteiger partial charge in [0.15, 0.2) is 0 Å². The molecular formula is C9H16N4O. The Labute approximate surface area is 83.3 Å². The van der Waals surface area contributed by atoms with E-state index in [9.17, 15) is 0 Å². The molecule has 1 aromatic rings. The van der Waals surface area contributed by atoms with Crippen molar-refractivity contribution in [3.8, 4) is 0 Å². The lowest BCUT2D eigenvalue weighted by Crippen LogP contribution is -2.17. The van der Waals surface area contributed by atoms with Crippen LogP contribution in [0.1, 0.15) is 12.1 Å². The summed E-state index contributed by atoms with van der Waals surface area (Å²) < 4.78 is 1.83. The molecule has 0 amide bonds. The molecule has 0 bridgehead atoms. The lowest BCUT2D eigenvalue weighted by atomic mass is 10.1. The molecule has 14 heavy (non-hydrogen) atoms. The fraction of sp³-hybridized carbons (Fsp3) is 0.778. The van der Waals surface area contributed by atoms with Crippen LogP contribution in [0.15, 0.2) is 6.20 Å². The van der Waals surface area contributed by atoms with Crippen molar-refractivity contribution >= 4 is 0 Å². The molecule has 0 aliphatic carbocycles. The number of likely N-dealkylation sites (tertiary alicyclic amines) is 1. The fourth-order valence-electron chi connectivity index (χ4n) is 1.94. The Morgan fingerprint density at radius 3 is 3.07 bits per heavy atom. The molecule has 1 aliphatic heterocycles. The summed E-state index contributed by atoms with van der Waals surface area (Å²) in [5.41, 5.74) is 0.649. The number of aliphatic hydroxyl groups excluding tert-OH is 1. The SMILES string of the molecule is CN1CC[C@@H](Cn2cc(CO)nn2)C1. The smallest absolute Gasteiger partial charge is 0.108 e. The summed E-state index contributed by atoms with van der Waals surface area (Å²) in [5, 5.41) is 16.6. The van der Waals surface area contributed by atoms with Gasteiger partial charge in [0.25, 0.3) is 0 Å². The minimum absolute atomic E-state index is 0.0232. The predicted octanol–water partition coefficient (Wildman–Crippen LogP) is -0.278. The second-order valence-electron chi connectivity index (χ2n) is 4.01. The summed E-state index contributed by atoms with van der Waals surface area (Å²) in [4.78, 5) is 2.33. The lowest BCUT2D eigenvalue weighted by Gasteiger charge is -2.09. The van der Waals surface area contributed by atoms with Crippen molar-refractivity contribution in [2.75, 3.05) is 20.1 Å². The summed E-state index contributed by atoms with van der Waals surface area (Å²) in [7, 11) is 2.14. The van der Waals surface area contributed by atoms with Crippen LogP contribution in [-0.4, -0.2) is 45.1 Å². The van der Waals surface area contributed by atoms with Crippen LogP contribution < -0.4 is 0 Å². The van der Waals surface area contributed by atoms with Gasteiger partial charge in [-0.15, -0.1) is 5.10 Å². The van der Waals surface area contributed by atoms with E-state index in [1.165, 1.54) is 13.0 Å². The molecule has 1 aliphatic rings. The van der Waals surface area contributed by atoms with E-state index in [0.717, 1.165) is 13.1 Å². The molecule has 2 rings (SSSR count). The molecule has 0 radical (unpaired) electrons. The standard InChI is InChI=1S/C9H16N4O/c1-12-3-2-8(4-12)5-13-6-9(7-14)10-11-13/h6,8,14H,2-5,7H2,1H3/t8-/m1/s1. The molecule has 5 heteroatoms. The van der Waals surface area contributed by atoms with Crippen LogP contribution in [0.3, 0.4) is 0 Å². The van der Waals surface area contributed by atoms with Crippen LogP contribution in [0.2, 0.25) is 0 Å². The number of rotatable bonds is 3. The minimum Gasteiger partial charge on any atom is -0.390 e. The second-order valence-corrected chi connectivity index (χ2v) is 4.01. The van der Waals surface area contributed by atoms with Gasteiger partial charge < -0.3 is 10.0 Å². The van der Waals surface area contributed by atoms with Gasteiger partial charge >= 0.3 is 0 Å². The maximum Gasteiger partial charge on any atom is 0.108 e. The highest BCUT2D eigenvalue weighted by Gasteiger charge is 2.20. The van der Waals surface area contributed by atoms with Crippen molar-refractivity contribution < 1.29 is 5.11 Å². The Hall–Kier alpha value is -0.940. The summed E-state index contributed by atoms with van der Waals surface area (Å²) in [6.07, 6.45) is 3.04. The highest BCUT2D eigenvalue weighted by Crippen LogP contribution is 2.15. The Kier molecular flexibility index (Phi) is 2.79. The average Bonchev–Trinajstić information content (AvgIpc) is 2.76. The van der Waals surface area contributed by atoms with Gasteiger partial charge in [-0.05, 0) is 25.9 Å². The second kappa shape index (κ2) is 4.06. The molecule has 78 valence electrons. The highest BCUT2D eigenvalue weighted by atomic mass is 16.3. The molecule has 2 heterocycles. The minimum atomic E-state index is -0.0232. The maximum absolute atomic E-state index is 8.83. The van der Waals surface area contributed by atoms with Crippen LogP contribution in [0, 0.1) is 5.92 Å².